The molecule has 0 amide bonds. The molecule has 0 aliphatic carbocycles. The molecule has 0 spiro atoms. The lowest BCUT2D eigenvalue weighted by Crippen LogP contribution is -2.61. The Morgan fingerprint density at radius 2 is 2.21 bits per heavy atom. The first-order valence-electron chi connectivity index (χ1n) is 7.41. The van der Waals surface area contributed by atoms with Gasteiger partial charge < -0.3 is 5.32 Å². The quantitative estimate of drug-likeness (QED) is 0.879. The van der Waals surface area contributed by atoms with Crippen molar-refractivity contribution in [2.24, 2.45) is 0 Å². The Hall–Kier alpha value is -0.940. The Labute approximate surface area is 116 Å². The first kappa shape index (κ1) is 14.5. The van der Waals surface area contributed by atoms with E-state index in [4.69, 9.17) is 0 Å². The summed E-state index contributed by atoms with van der Waals surface area (Å²) in [6.07, 6.45) is 4.13. The molecule has 0 aromatic carbocycles. The zero-order valence-electron chi connectivity index (χ0n) is 12.7. The number of piperazine rings is 1. The summed E-state index contributed by atoms with van der Waals surface area (Å²) in [7, 11) is 0. The van der Waals surface area contributed by atoms with Crippen LogP contribution in [0.25, 0.3) is 0 Å². The maximum Gasteiger partial charge on any atom is 0.141 e. The van der Waals surface area contributed by atoms with Crippen LogP contribution in [0.5, 0.6) is 0 Å². The highest BCUT2D eigenvalue weighted by atomic mass is 15.4. The maximum atomic E-state index is 4.41. The van der Waals surface area contributed by atoms with E-state index in [0.717, 1.165) is 32.0 Å². The van der Waals surface area contributed by atoms with Crippen LogP contribution in [0.1, 0.15) is 46.4 Å². The fraction of sp³-hybridized carbons (Fsp3) is 0.857. The van der Waals surface area contributed by atoms with Crippen LogP contribution in [0, 0.1) is 0 Å². The molecule has 1 atom stereocenters. The summed E-state index contributed by atoms with van der Waals surface area (Å²) < 4.78 is 2.00. The van der Waals surface area contributed by atoms with Gasteiger partial charge in [0.15, 0.2) is 0 Å². The van der Waals surface area contributed by atoms with Crippen LogP contribution in [0.15, 0.2) is 6.33 Å². The van der Waals surface area contributed by atoms with Crippen molar-refractivity contribution in [3.8, 4) is 0 Å². The number of hydrogen-bond donors (Lipinski definition) is 1. The fourth-order valence-corrected chi connectivity index (χ4v) is 2.88. The lowest BCUT2D eigenvalue weighted by molar-refractivity contribution is 0.0789. The highest BCUT2D eigenvalue weighted by molar-refractivity contribution is 4.95. The van der Waals surface area contributed by atoms with E-state index in [2.05, 4.69) is 48.0 Å². The van der Waals surface area contributed by atoms with Crippen molar-refractivity contribution in [3.05, 3.63) is 12.2 Å². The van der Waals surface area contributed by atoms with Gasteiger partial charge >= 0.3 is 0 Å². The number of nitrogens with zero attached hydrogens (tertiary/aromatic N) is 4. The smallest absolute Gasteiger partial charge is 0.141 e. The summed E-state index contributed by atoms with van der Waals surface area (Å²) in [5.74, 6) is 1.08. The molecule has 2 rings (SSSR count). The van der Waals surface area contributed by atoms with E-state index in [1.54, 1.807) is 6.33 Å². The highest BCUT2D eigenvalue weighted by Gasteiger charge is 2.32. The minimum atomic E-state index is 0.182. The molecular weight excluding hydrogens is 238 g/mol. The van der Waals surface area contributed by atoms with Crippen molar-refractivity contribution >= 4 is 0 Å². The summed E-state index contributed by atoms with van der Waals surface area (Å²) in [5.41, 5.74) is 0.182. The van der Waals surface area contributed by atoms with Crippen LogP contribution in [-0.2, 0) is 13.1 Å². The predicted molar refractivity (Wildman–Crippen MR) is 76.9 cm³/mol. The van der Waals surface area contributed by atoms with Gasteiger partial charge in [0.05, 0.1) is 6.54 Å². The number of hydrogen-bond acceptors (Lipinski definition) is 4. The lowest BCUT2D eigenvalue weighted by Gasteiger charge is -2.44. The van der Waals surface area contributed by atoms with Gasteiger partial charge in [0.2, 0.25) is 0 Å². The zero-order valence-corrected chi connectivity index (χ0v) is 12.7. The molecule has 1 unspecified atom stereocenters. The van der Waals surface area contributed by atoms with Crippen LogP contribution < -0.4 is 5.32 Å². The van der Waals surface area contributed by atoms with Crippen LogP contribution in [0.3, 0.4) is 0 Å². The van der Waals surface area contributed by atoms with Crippen LogP contribution in [0.4, 0.5) is 0 Å². The SMILES string of the molecule is CCCC1CNC(C)(C)CN1Cc1ncnn1CC. The number of nitrogens with one attached hydrogen (secondary N) is 1. The van der Waals surface area contributed by atoms with E-state index in [-0.39, 0.29) is 5.54 Å². The van der Waals surface area contributed by atoms with Gasteiger partial charge in [-0.2, -0.15) is 5.10 Å². The second-order valence-electron chi connectivity index (χ2n) is 6.10. The van der Waals surface area contributed by atoms with E-state index >= 15 is 0 Å². The molecule has 0 bridgehead atoms. The molecule has 1 aliphatic heterocycles. The van der Waals surface area contributed by atoms with Gasteiger partial charge in [-0.05, 0) is 27.2 Å². The average Bonchev–Trinajstić information content (AvgIpc) is 2.79. The normalized spacial score (nSPS) is 23.7. The molecule has 1 aromatic heterocycles. The van der Waals surface area contributed by atoms with Crippen LogP contribution in [0.2, 0.25) is 0 Å². The van der Waals surface area contributed by atoms with Gasteiger partial charge in [0.1, 0.15) is 12.2 Å². The summed E-state index contributed by atoms with van der Waals surface area (Å²) in [6, 6.07) is 0.611. The first-order valence-corrected chi connectivity index (χ1v) is 7.41. The Balaban J connectivity index is 2.09. The highest BCUT2D eigenvalue weighted by Crippen LogP contribution is 2.20. The Bertz CT molecular complexity index is 398. The second-order valence-corrected chi connectivity index (χ2v) is 6.10. The molecule has 1 saturated heterocycles. The Kier molecular flexibility index (Phi) is 4.58. The van der Waals surface area contributed by atoms with E-state index in [9.17, 15) is 0 Å². The molecule has 2 heterocycles. The summed E-state index contributed by atoms with van der Waals surface area (Å²) in [5, 5.41) is 7.92. The molecule has 5 heteroatoms. The topological polar surface area (TPSA) is 46.0 Å². The molecule has 0 saturated carbocycles. The largest absolute Gasteiger partial charge is 0.309 e. The molecule has 1 fully saturated rings. The molecule has 1 aliphatic rings. The molecule has 0 radical (unpaired) electrons. The minimum absolute atomic E-state index is 0.182. The third-order valence-electron chi connectivity index (χ3n) is 3.89. The molecule has 5 nitrogen and oxygen atoms in total. The summed E-state index contributed by atoms with van der Waals surface area (Å²) in [6.45, 7) is 12.8. The van der Waals surface area contributed by atoms with E-state index in [1.165, 1.54) is 12.8 Å². The standard InChI is InChI=1S/C14H27N5/c1-5-7-12-8-16-14(3,4)10-18(12)9-13-15-11-17-19(13)6-2/h11-12,16H,5-10H2,1-4H3. The average molecular weight is 265 g/mol. The predicted octanol–water partition coefficient (Wildman–Crippen LogP) is 1.65. The zero-order chi connectivity index (χ0) is 13.9. The van der Waals surface area contributed by atoms with Gasteiger partial charge in [-0.3, -0.25) is 4.90 Å². The van der Waals surface area contributed by atoms with Gasteiger partial charge in [0, 0.05) is 31.2 Å². The fourth-order valence-electron chi connectivity index (χ4n) is 2.88. The van der Waals surface area contributed by atoms with Crippen molar-refractivity contribution in [2.75, 3.05) is 13.1 Å². The monoisotopic (exact) mass is 265 g/mol. The van der Waals surface area contributed by atoms with E-state index in [1.807, 2.05) is 4.68 Å². The van der Waals surface area contributed by atoms with Crippen molar-refractivity contribution in [3.63, 3.8) is 0 Å². The number of aryl methyl sites for hydroxylation is 1. The Morgan fingerprint density at radius 1 is 1.42 bits per heavy atom. The van der Waals surface area contributed by atoms with Crippen molar-refractivity contribution in [1.29, 1.82) is 0 Å². The van der Waals surface area contributed by atoms with Gasteiger partial charge in [0.25, 0.3) is 0 Å². The van der Waals surface area contributed by atoms with Crippen LogP contribution >= 0.6 is 0 Å². The molecule has 1 N–H and O–H groups in total. The summed E-state index contributed by atoms with van der Waals surface area (Å²) >= 11 is 0. The van der Waals surface area contributed by atoms with Crippen molar-refractivity contribution < 1.29 is 0 Å². The molecule has 1 aromatic rings. The third-order valence-corrected chi connectivity index (χ3v) is 3.89. The van der Waals surface area contributed by atoms with Gasteiger partial charge in [-0.15, -0.1) is 0 Å². The second kappa shape index (κ2) is 6.01. The summed E-state index contributed by atoms with van der Waals surface area (Å²) in [4.78, 5) is 6.98. The minimum Gasteiger partial charge on any atom is -0.309 e. The van der Waals surface area contributed by atoms with E-state index in [0.29, 0.717) is 6.04 Å². The lowest BCUT2D eigenvalue weighted by atomic mass is 9.96. The maximum absolute atomic E-state index is 4.41. The third kappa shape index (κ3) is 3.54. The molecular formula is C14H27N5. The number of rotatable bonds is 5. The van der Waals surface area contributed by atoms with Gasteiger partial charge in [-0.25, -0.2) is 9.67 Å². The van der Waals surface area contributed by atoms with Crippen molar-refractivity contribution in [1.82, 2.24) is 25.0 Å². The Morgan fingerprint density at radius 3 is 2.89 bits per heavy atom. The van der Waals surface area contributed by atoms with Crippen LogP contribution in [-0.4, -0.2) is 44.3 Å². The van der Waals surface area contributed by atoms with Crippen molar-refractivity contribution in [2.45, 2.75) is 65.2 Å². The molecule has 19 heavy (non-hydrogen) atoms. The van der Waals surface area contributed by atoms with Gasteiger partial charge in [-0.1, -0.05) is 13.3 Å². The number of aromatic nitrogens is 3. The first-order chi connectivity index (χ1) is 9.05. The molecule has 108 valence electrons. The van der Waals surface area contributed by atoms with E-state index < -0.39 is 0 Å².